The highest BCUT2D eigenvalue weighted by Gasteiger charge is 2.30. The summed E-state index contributed by atoms with van der Waals surface area (Å²) < 4.78 is 5.76. The molecule has 1 aliphatic heterocycles. The first-order valence-corrected chi connectivity index (χ1v) is 7.42. The molecule has 2 unspecified atom stereocenters. The lowest BCUT2D eigenvalue weighted by Gasteiger charge is -2.30. The molecule has 18 heavy (non-hydrogen) atoms. The van der Waals surface area contributed by atoms with Crippen LogP contribution < -0.4 is 5.32 Å². The monoisotopic (exact) mass is 265 g/mol. The molecule has 1 fully saturated rings. The number of nitrogens with one attached hydrogen (secondary N) is 1. The first-order chi connectivity index (χ1) is 8.74. The van der Waals surface area contributed by atoms with Crippen LogP contribution >= 0.6 is 11.8 Å². The van der Waals surface area contributed by atoms with Crippen LogP contribution in [0, 0.1) is 0 Å². The maximum absolute atomic E-state index is 12.0. The molecule has 3 nitrogen and oxygen atoms in total. The molecule has 0 spiro atoms. The number of carbonyl (C=O) groups excluding carboxylic acids is 1. The van der Waals surface area contributed by atoms with E-state index < -0.39 is 0 Å². The van der Waals surface area contributed by atoms with Crippen molar-refractivity contribution in [2.75, 3.05) is 26.0 Å². The number of morpholine rings is 1. The van der Waals surface area contributed by atoms with Gasteiger partial charge in [0.2, 0.25) is 0 Å². The van der Waals surface area contributed by atoms with E-state index in [9.17, 15) is 4.79 Å². The second-order valence-electron chi connectivity index (χ2n) is 4.44. The first-order valence-electron chi connectivity index (χ1n) is 6.19. The molecule has 0 aromatic heterocycles. The predicted molar refractivity (Wildman–Crippen MR) is 74.3 cm³/mol. The smallest absolute Gasteiger partial charge is 0.139 e. The lowest BCUT2D eigenvalue weighted by atomic mass is 9.89. The van der Waals surface area contributed by atoms with Crippen molar-refractivity contribution in [3.8, 4) is 0 Å². The van der Waals surface area contributed by atoms with Gasteiger partial charge in [-0.3, -0.25) is 4.79 Å². The minimum Gasteiger partial charge on any atom is -0.374 e. The van der Waals surface area contributed by atoms with E-state index in [1.807, 2.05) is 24.5 Å². The Morgan fingerprint density at radius 3 is 2.89 bits per heavy atom. The van der Waals surface area contributed by atoms with E-state index in [0.717, 1.165) is 23.5 Å². The van der Waals surface area contributed by atoms with Crippen LogP contribution in [-0.2, 0) is 9.53 Å². The Morgan fingerprint density at radius 2 is 2.28 bits per heavy atom. The third kappa shape index (κ3) is 2.94. The standard InChI is InChI=1S/C14H19NO2S/c1-10(16)14(12-9-15-7-8-17-12)11-5-3-4-6-13(11)18-2/h3-6,12,14-15H,7-9H2,1-2H3. The fraction of sp³-hybridized carbons (Fsp3) is 0.500. The van der Waals surface area contributed by atoms with Crippen LogP contribution in [0.4, 0.5) is 0 Å². The average molecular weight is 265 g/mol. The van der Waals surface area contributed by atoms with Crippen molar-refractivity contribution in [3.63, 3.8) is 0 Å². The number of ether oxygens (including phenoxy) is 1. The van der Waals surface area contributed by atoms with E-state index in [1.54, 1.807) is 18.7 Å². The summed E-state index contributed by atoms with van der Waals surface area (Å²) in [5.41, 5.74) is 1.09. The van der Waals surface area contributed by atoms with Gasteiger partial charge in [0.05, 0.1) is 18.6 Å². The summed E-state index contributed by atoms with van der Waals surface area (Å²) in [5.74, 6) is 0.00616. The minimum atomic E-state index is -0.165. The molecule has 1 N–H and O–H groups in total. The number of rotatable bonds is 4. The number of hydrogen-bond donors (Lipinski definition) is 1. The second kappa shape index (κ2) is 6.36. The van der Waals surface area contributed by atoms with E-state index in [2.05, 4.69) is 11.4 Å². The summed E-state index contributed by atoms with van der Waals surface area (Å²) in [7, 11) is 0. The molecule has 1 aliphatic rings. The third-order valence-electron chi connectivity index (χ3n) is 3.24. The maximum atomic E-state index is 12.0. The lowest BCUT2D eigenvalue weighted by molar-refractivity contribution is -0.122. The maximum Gasteiger partial charge on any atom is 0.139 e. The molecule has 0 saturated carbocycles. The van der Waals surface area contributed by atoms with Crippen LogP contribution in [0.25, 0.3) is 0 Å². The quantitative estimate of drug-likeness (QED) is 0.846. The van der Waals surface area contributed by atoms with Crippen molar-refractivity contribution in [1.29, 1.82) is 0 Å². The summed E-state index contributed by atoms with van der Waals surface area (Å²) >= 11 is 1.68. The Morgan fingerprint density at radius 1 is 1.50 bits per heavy atom. The van der Waals surface area contributed by atoms with E-state index in [0.29, 0.717) is 6.61 Å². The number of carbonyl (C=O) groups is 1. The van der Waals surface area contributed by atoms with Gasteiger partial charge in [-0.05, 0) is 24.8 Å². The Kier molecular flexibility index (Phi) is 4.80. The van der Waals surface area contributed by atoms with Crippen LogP contribution in [-0.4, -0.2) is 37.8 Å². The van der Waals surface area contributed by atoms with Gasteiger partial charge < -0.3 is 10.1 Å². The van der Waals surface area contributed by atoms with Crippen LogP contribution in [0.1, 0.15) is 18.4 Å². The Hall–Kier alpha value is -0.840. The molecular formula is C14H19NO2S. The third-order valence-corrected chi connectivity index (χ3v) is 4.05. The van der Waals surface area contributed by atoms with Gasteiger partial charge >= 0.3 is 0 Å². The number of benzene rings is 1. The molecule has 98 valence electrons. The first kappa shape index (κ1) is 13.6. The van der Waals surface area contributed by atoms with Crippen LogP contribution in [0.5, 0.6) is 0 Å². The van der Waals surface area contributed by atoms with E-state index >= 15 is 0 Å². The SMILES string of the molecule is CSc1ccccc1C(C(C)=O)C1CNCCO1. The summed E-state index contributed by atoms with van der Waals surface area (Å²) in [6, 6.07) is 8.09. The molecule has 0 aliphatic carbocycles. The van der Waals surface area contributed by atoms with Crippen molar-refractivity contribution in [2.45, 2.75) is 23.8 Å². The molecule has 2 rings (SSSR count). The number of Topliss-reactive ketones (excluding diaryl/α,β-unsaturated/α-hetero) is 1. The van der Waals surface area contributed by atoms with Crippen LogP contribution in [0.15, 0.2) is 29.2 Å². The Bertz CT molecular complexity index is 416. The summed E-state index contributed by atoms with van der Waals surface area (Å²) in [6.07, 6.45) is 1.99. The molecule has 1 saturated heterocycles. The van der Waals surface area contributed by atoms with Gasteiger partial charge in [0.25, 0.3) is 0 Å². The average Bonchev–Trinajstić information content (AvgIpc) is 2.40. The zero-order chi connectivity index (χ0) is 13.0. The highest BCUT2D eigenvalue weighted by Crippen LogP contribution is 2.31. The van der Waals surface area contributed by atoms with Crippen molar-refractivity contribution >= 4 is 17.5 Å². The molecule has 0 amide bonds. The number of hydrogen-bond acceptors (Lipinski definition) is 4. The largest absolute Gasteiger partial charge is 0.374 e. The van der Waals surface area contributed by atoms with Gasteiger partial charge in [-0.25, -0.2) is 0 Å². The Labute approximate surface area is 112 Å². The summed E-state index contributed by atoms with van der Waals surface area (Å²) in [4.78, 5) is 13.2. The predicted octanol–water partition coefficient (Wildman–Crippen LogP) is 2.07. The van der Waals surface area contributed by atoms with Gasteiger partial charge in [0.1, 0.15) is 5.78 Å². The van der Waals surface area contributed by atoms with E-state index in [-0.39, 0.29) is 17.8 Å². The molecule has 1 heterocycles. The van der Waals surface area contributed by atoms with Crippen molar-refractivity contribution in [3.05, 3.63) is 29.8 Å². The topological polar surface area (TPSA) is 38.3 Å². The van der Waals surface area contributed by atoms with E-state index in [1.165, 1.54) is 0 Å². The summed E-state index contributed by atoms with van der Waals surface area (Å²) in [6.45, 7) is 3.94. The fourth-order valence-corrected chi connectivity index (χ4v) is 3.05. The zero-order valence-corrected chi connectivity index (χ0v) is 11.6. The van der Waals surface area contributed by atoms with Crippen molar-refractivity contribution in [1.82, 2.24) is 5.32 Å². The van der Waals surface area contributed by atoms with Gasteiger partial charge in [-0.15, -0.1) is 11.8 Å². The van der Waals surface area contributed by atoms with Crippen LogP contribution in [0.3, 0.4) is 0 Å². The highest BCUT2D eigenvalue weighted by molar-refractivity contribution is 7.98. The fourth-order valence-electron chi connectivity index (χ4n) is 2.40. The van der Waals surface area contributed by atoms with Gasteiger partial charge in [-0.1, -0.05) is 18.2 Å². The van der Waals surface area contributed by atoms with Gasteiger partial charge in [0.15, 0.2) is 0 Å². The van der Waals surface area contributed by atoms with Crippen LogP contribution in [0.2, 0.25) is 0 Å². The normalized spacial score (nSPS) is 21.6. The van der Waals surface area contributed by atoms with Gasteiger partial charge in [0, 0.05) is 18.0 Å². The molecule has 1 aromatic carbocycles. The molecular weight excluding hydrogens is 246 g/mol. The molecule has 2 atom stereocenters. The lowest BCUT2D eigenvalue weighted by Crippen LogP contribution is -2.43. The Balaban J connectivity index is 2.31. The molecule has 0 radical (unpaired) electrons. The second-order valence-corrected chi connectivity index (χ2v) is 5.29. The van der Waals surface area contributed by atoms with E-state index in [4.69, 9.17) is 4.74 Å². The summed E-state index contributed by atoms with van der Waals surface area (Å²) in [5, 5.41) is 3.29. The van der Waals surface area contributed by atoms with Gasteiger partial charge in [-0.2, -0.15) is 0 Å². The molecule has 1 aromatic rings. The van der Waals surface area contributed by atoms with Crippen molar-refractivity contribution in [2.24, 2.45) is 0 Å². The number of thioether (sulfide) groups is 1. The zero-order valence-electron chi connectivity index (χ0n) is 10.8. The van der Waals surface area contributed by atoms with Crippen molar-refractivity contribution < 1.29 is 9.53 Å². The molecule has 0 bridgehead atoms. The number of ketones is 1. The minimum absolute atomic E-state index is 0.0513. The highest BCUT2D eigenvalue weighted by atomic mass is 32.2. The molecule has 4 heteroatoms.